The molecule has 0 N–H and O–H groups in total. The molecule has 0 aliphatic heterocycles. The maximum atomic E-state index is 11.4. The van der Waals surface area contributed by atoms with E-state index >= 15 is 0 Å². The molecule has 0 saturated heterocycles. The van der Waals surface area contributed by atoms with Crippen LogP contribution in [0.2, 0.25) is 0 Å². The number of rotatable bonds is 9. The van der Waals surface area contributed by atoms with Gasteiger partial charge in [0.15, 0.2) is 0 Å². The second kappa shape index (κ2) is 11.5. The van der Waals surface area contributed by atoms with Gasteiger partial charge in [-0.05, 0) is 72.5 Å². The van der Waals surface area contributed by atoms with Gasteiger partial charge in [-0.25, -0.2) is 0 Å². The van der Waals surface area contributed by atoms with Gasteiger partial charge in [-0.2, -0.15) is 0 Å². The predicted molar refractivity (Wildman–Crippen MR) is 129 cm³/mol. The van der Waals surface area contributed by atoms with Crippen molar-refractivity contribution in [3.05, 3.63) is 88.4 Å². The molecular formula is C26H26BrNO4. The summed E-state index contributed by atoms with van der Waals surface area (Å²) in [5.74, 6) is -0.421. The zero-order valence-corrected chi connectivity index (χ0v) is 19.8. The summed E-state index contributed by atoms with van der Waals surface area (Å²) < 4.78 is 10.5. The summed E-state index contributed by atoms with van der Waals surface area (Å²) in [6.07, 6.45) is 2.00. The van der Waals surface area contributed by atoms with Crippen molar-refractivity contribution >= 4 is 44.9 Å². The fraction of sp³-hybridized carbons (Fsp3) is 0.231. The fourth-order valence-corrected chi connectivity index (χ4v) is 3.62. The number of ether oxygens (including phenoxy) is 2. The van der Waals surface area contributed by atoms with Gasteiger partial charge in [-0.15, -0.1) is 0 Å². The van der Waals surface area contributed by atoms with E-state index in [4.69, 9.17) is 9.47 Å². The van der Waals surface area contributed by atoms with Gasteiger partial charge in [-0.3, -0.25) is 9.59 Å². The number of halogens is 1. The minimum atomic E-state index is -0.210. The third kappa shape index (κ3) is 6.44. The van der Waals surface area contributed by atoms with Gasteiger partial charge in [-0.1, -0.05) is 40.2 Å². The molecule has 0 atom stereocenters. The lowest BCUT2D eigenvalue weighted by Crippen LogP contribution is -2.10. The monoisotopic (exact) mass is 495 g/mol. The lowest BCUT2D eigenvalue weighted by atomic mass is 10.1. The molecule has 5 nitrogen and oxygen atoms in total. The van der Waals surface area contributed by atoms with Crippen molar-refractivity contribution < 1.29 is 19.1 Å². The number of aryl methyl sites for hydroxylation is 2. The number of carbonyl (C=O) groups is 2. The van der Waals surface area contributed by atoms with Crippen LogP contribution in [0.5, 0.6) is 0 Å². The highest BCUT2D eigenvalue weighted by Gasteiger charge is 2.13. The molecule has 0 unspecified atom stereocenters. The van der Waals surface area contributed by atoms with E-state index in [1.54, 1.807) is 0 Å². The number of esters is 2. The minimum Gasteiger partial charge on any atom is -0.469 e. The molecule has 6 heteroatoms. The van der Waals surface area contributed by atoms with Crippen LogP contribution < -0.4 is 4.90 Å². The Bertz CT molecular complexity index is 967. The van der Waals surface area contributed by atoms with E-state index in [2.05, 4.69) is 57.2 Å². The molecule has 0 spiro atoms. The van der Waals surface area contributed by atoms with Crippen molar-refractivity contribution in [2.24, 2.45) is 0 Å². The first kappa shape index (κ1) is 23.5. The minimum absolute atomic E-state index is 0.210. The first-order valence-electron chi connectivity index (χ1n) is 10.4. The normalized spacial score (nSPS) is 10.5. The summed E-state index contributed by atoms with van der Waals surface area (Å²) >= 11 is 3.50. The van der Waals surface area contributed by atoms with Crippen LogP contribution >= 0.6 is 15.9 Å². The van der Waals surface area contributed by atoms with Crippen molar-refractivity contribution in [1.29, 1.82) is 0 Å². The summed E-state index contributed by atoms with van der Waals surface area (Å²) in [6.45, 7) is 0. The average molecular weight is 496 g/mol. The molecule has 0 amide bonds. The fourth-order valence-electron chi connectivity index (χ4n) is 3.36. The SMILES string of the molecule is COC(=O)CCc1ccc(N(c2ccc(Br)cc2)c2ccc(CCC(=O)OC)cc2)cc1. The molecule has 3 rings (SSSR count). The summed E-state index contributed by atoms with van der Waals surface area (Å²) in [5.41, 5.74) is 5.20. The zero-order valence-electron chi connectivity index (χ0n) is 18.2. The lowest BCUT2D eigenvalue weighted by Gasteiger charge is -2.26. The van der Waals surface area contributed by atoms with Crippen LogP contribution in [0.15, 0.2) is 77.3 Å². The molecule has 0 aliphatic carbocycles. The first-order valence-corrected chi connectivity index (χ1v) is 11.2. The van der Waals surface area contributed by atoms with Gasteiger partial charge >= 0.3 is 11.9 Å². The number of hydrogen-bond donors (Lipinski definition) is 0. The Hall–Kier alpha value is -3.12. The van der Waals surface area contributed by atoms with Gasteiger partial charge in [0.2, 0.25) is 0 Å². The number of nitrogens with zero attached hydrogens (tertiary/aromatic N) is 1. The maximum absolute atomic E-state index is 11.4. The molecule has 32 heavy (non-hydrogen) atoms. The van der Waals surface area contributed by atoms with Crippen LogP contribution in [0.3, 0.4) is 0 Å². The van der Waals surface area contributed by atoms with Crippen LogP contribution in [0.25, 0.3) is 0 Å². The second-order valence-electron chi connectivity index (χ2n) is 7.30. The van der Waals surface area contributed by atoms with E-state index in [1.165, 1.54) is 14.2 Å². The summed E-state index contributed by atoms with van der Waals surface area (Å²) in [6, 6.07) is 24.5. The Balaban J connectivity index is 1.85. The van der Waals surface area contributed by atoms with Gasteiger partial charge in [0, 0.05) is 34.4 Å². The largest absolute Gasteiger partial charge is 0.469 e. The molecular weight excluding hydrogens is 470 g/mol. The second-order valence-corrected chi connectivity index (χ2v) is 8.21. The molecule has 0 saturated carbocycles. The maximum Gasteiger partial charge on any atom is 0.305 e. The Morgan fingerprint density at radius 1 is 0.656 bits per heavy atom. The smallest absolute Gasteiger partial charge is 0.305 e. The van der Waals surface area contributed by atoms with Gasteiger partial charge in [0.05, 0.1) is 14.2 Å². The Morgan fingerprint density at radius 3 is 1.34 bits per heavy atom. The van der Waals surface area contributed by atoms with E-state index < -0.39 is 0 Å². The summed E-state index contributed by atoms with van der Waals surface area (Å²) in [4.78, 5) is 25.0. The van der Waals surface area contributed by atoms with E-state index in [0.29, 0.717) is 25.7 Å². The number of methoxy groups -OCH3 is 2. The average Bonchev–Trinajstić information content (AvgIpc) is 2.83. The standard InChI is InChI=1S/C26H26BrNO4/c1-31-25(29)17-7-19-3-11-22(12-4-19)28(24-15-9-21(27)10-16-24)23-13-5-20(6-14-23)8-18-26(30)32-2/h3-6,9-16H,7-8,17-18H2,1-2H3. The van der Waals surface area contributed by atoms with Crippen LogP contribution in [-0.2, 0) is 31.9 Å². The van der Waals surface area contributed by atoms with Gasteiger partial charge < -0.3 is 14.4 Å². The number of benzene rings is 3. The lowest BCUT2D eigenvalue weighted by molar-refractivity contribution is -0.141. The Kier molecular flexibility index (Phi) is 8.45. The number of carbonyl (C=O) groups excluding carboxylic acids is 2. The van der Waals surface area contributed by atoms with E-state index in [9.17, 15) is 9.59 Å². The van der Waals surface area contributed by atoms with Crippen LogP contribution in [0.1, 0.15) is 24.0 Å². The van der Waals surface area contributed by atoms with E-state index in [1.807, 2.05) is 36.4 Å². The van der Waals surface area contributed by atoms with E-state index in [0.717, 1.165) is 32.7 Å². The molecule has 0 aromatic heterocycles. The van der Waals surface area contributed by atoms with Crippen molar-refractivity contribution in [2.75, 3.05) is 19.1 Å². The summed E-state index contributed by atoms with van der Waals surface area (Å²) in [5, 5.41) is 0. The number of hydrogen-bond acceptors (Lipinski definition) is 5. The Labute approximate surface area is 197 Å². The molecule has 0 heterocycles. The molecule has 3 aromatic carbocycles. The molecule has 166 valence electrons. The molecule has 0 fully saturated rings. The van der Waals surface area contributed by atoms with E-state index in [-0.39, 0.29) is 11.9 Å². The van der Waals surface area contributed by atoms with Crippen molar-refractivity contribution in [3.8, 4) is 0 Å². The van der Waals surface area contributed by atoms with Crippen molar-refractivity contribution in [2.45, 2.75) is 25.7 Å². The summed E-state index contributed by atoms with van der Waals surface area (Å²) in [7, 11) is 2.81. The first-order chi connectivity index (χ1) is 15.5. The quantitative estimate of drug-likeness (QED) is 0.334. The van der Waals surface area contributed by atoms with Crippen molar-refractivity contribution in [1.82, 2.24) is 0 Å². The van der Waals surface area contributed by atoms with Gasteiger partial charge in [0.1, 0.15) is 0 Å². The number of anilines is 3. The molecule has 0 aliphatic rings. The molecule has 0 bridgehead atoms. The highest BCUT2D eigenvalue weighted by molar-refractivity contribution is 9.10. The highest BCUT2D eigenvalue weighted by atomic mass is 79.9. The Morgan fingerprint density at radius 2 is 1.00 bits per heavy atom. The highest BCUT2D eigenvalue weighted by Crippen LogP contribution is 2.35. The van der Waals surface area contributed by atoms with Crippen LogP contribution in [0.4, 0.5) is 17.1 Å². The van der Waals surface area contributed by atoms with Gasteiger partial charge in [0.25, 0.3) is 0 Å². The molecule has 3 aromatic rings. The van der Waals surface area contributed by atoms with Crippen molar-refractivity contribution in [3.63, 3.8) is 0 Å². The third-order valence-electron chi connectivity index (χ3n) is 5.16. The van der Waals surface area contributed by atoms with Crippen LogP contribution in [-0.4, -0.2) is 26.2 Å². The predicted octanol–water partition coefficient (Wildman–Crippen LogP) is 6.13. The zero-order chi connectivity index (χ0) is 22.9. The topological polar surface area (TPSA) is 55.8 Å². The van der Waals surface area contributed by atoms with Crippen LogP contribution in [0, 0.1) is 0 Å². The molecule has 0 radical (unpaired) electrons. The third-order valence-corrected chi connectivity index (χ3v) is 5.69.